The van der Waals surface area contributed by atoms with Gasteiger partial charge in [0.15, 0.2) is 6.17 Å². The summed E-state index contributed by atoms with van der Waals surface area (Å²) in [6.07, 6.45) is 13.1. The van der Waals surface area contributed by atoms with Crippen LogP contribution >= 0.6 is 0 Å². The first kappa shape index (κ1) is 21.1. The molecule has 5 atom stereocenters. The van der Waals surface area contributed by atoms with E-state index in [1.807, 2.05) is 0 Å². The summed E-state index contributed by atoms with van der Waals surface area (Å²) in [4.78, 5) is 0. The molecule has 4 saturated carbocycles. The van der Waals surface area contributed by atoms with Crippen molar-refractivity contribution in [2.24, 2.45) is 41.4 Å². The second kappa shape index (κ2) is 9.35. The first-order valence-corrected chi connectivity index (χ1v) is 12.2. The van der Waals surface area contributed by atoms with Crippen LogP contribution in [0, 0.1) is 41.4 Å². The van der Waals surface area contributed by atoms with E-state index < -0.39 is 18.4 Å². The Bertz CT molecular complexity index is 481. The van der Waals surface area contributed by atoms with E-state index in [0.717, 1.165) is 36.5 Å². The van der Waals surface area contributed by atoms with Crippen molar-refractivity contribution < 1.29 is 13.4 Å². The Hall–Kier alpha value is -0.115. The molecule has 0 amide bonds. The predicted molar refractivity (Wildman–Crippen MR) is 111 cm³/mol. The zero-order chi connectivity index (χ0) is 19.7. The third-order valence-corrected chi connectivity index (χ3v) is 9.37. The van der Waals surface area contributed by atoms with Gasteiger partial charge in [-0.2, -0.15) is 0 Å². The maximum atomic E-state index is 14.8. The van der Waals surface area contributed by atoms with Crippen LogP contribution in [0.1, 0.15) is 90.4 Å². The average molecular weight is 392 g/mol. The van der Waals surface area contributed by atoms with Crippen molar-refractivity contribution in [2.75, 3.05) is 0 Å². The van der Waals surface area contributed by atoms with E-state index in [4.69, 9.17) is 12.7 Å². The highest BCUT2D eigenvalue weighted by Gasteiger charge is 2.48. The lowest BCUT2D eigenvalue weighted by atomic mass is 9.62. The second-order valence-corrected chi connectivity index (χ2v) is 10.7. The Balaban J connectivity index is 1.26. The van der Waals surface area contributed by atoms with Gasteiger partial charge in [-0.05, 0) is 99.2 Å². The fraction of sp³-hybridized carbons (Fsp3) is 1.00. The van der Waals surface area contributed by atoms with E-state index in [-0.39, 0.29) is 11.8 Å². The van der Waals surface area contributed by atoms with Gasteiger partial charge in [0, 0.05) is 0 Å². The molecule has 0 spiro atoms. The number of alkyl halides is 2. The lowest BCUT2D eigenvalue weighted by Crippen LogP contribution is -2.49. The van der Waals surface area contributed by atoms with Crippen LogP contribution in [-0.2, 0) is 4.65 Å². The monoisotopic (exact) mass is 392 g/mol. The molecule has 4 heteroatoms. The highest BCUT2D eigenvalue weighted by molar-refractivity contribution is 5.98. The number of halogens is 2. The molecule has 158 valence electrons. The fourth-order valence-electron chi connectivity index (χ4n) is 7.76. The Kier molecular flexibility index (Phi) is 7.06. The van der Waals surface area contributed by atoms with Gasteiger partial charge in [0.1, 0.15) is 6.17 Å². The van der Waals surface area contributed by atoms with Gasteiger partial charge >= 0.3 is 0 Å². The molecule has 0 aromatic rings. The van der Waals surface area contributed by atoms with Crippen LogP contribution in [0.5, 0.6) is 0 Å². The summed E-state index contributed by atoms with van der Waals surface area (Å²) in [7, 11) is 5.19. The van der Waals surface area contributed by atoms with Crippen LogP contribution in [0.25, 0.3) is 0 Å². The van der Waals surface area contributed by atoms with Crippen LogP contribution in [0.4, 0.5) is 8.78 Å². The summed E-state index contributed by atoms with van der Waals surface area (Å²) in [5.41, 5.74) is 0. The Morgan fingerprint density at radius 2 is 1.07 bits per heavy atom. The van der Waals surface area contributed by atoms with Crippen LogP contribution in [0.3, 0.4) is 0 Å². The predicted octanol–water partition coefficient (Wildman–Crippen LogP) is 6.59. The van der Waals surface area contributed by atoms with Crippen molar-refractivity contribution in [2.45, 2.75) is 109 Å². The standard InChI is InChI=1S/C24H39BF2O/c1-15-14-21(28-25)23(26)24(27)22(15)20-12-10-19(11-13-20)18-8-6-17(7-9-18)16-4-2-3-5-16/h15-24H,2-14H2,1H3. The van der Waals surface area contributed by atoms with Crippen LogP contribution in [0.15, 0.2) is 0 Å². The van der Waals surface area contributed by atoms with E-state index >= 15 is 0 Å². The Morgan fingerprint density at radius 1 is 0.643 bits per heavy atom. The second-order valence-electron chi connectivity index (χ2n) is 10.7. The van der Waals surface area contributed by atoms with Crippen molar-refractivity contribution in [3.63, 3.8) is 0 Å². The molecule has 5 unspecified atom stereocenters. The van der Waals surface area contributed by atoms with E-state index in [1.54, 1.807) is 0 Å². The Morgan fingerprint density at radius 3 is 1.54 bits per heavy atom. The fourth-order valence-corrected chi connectivity index (χ4v) is 7.76. The van der Waals surface area contributed by atoms with E-state index in [2.05, 4.69) is 6.92 Å². The maximum Gasteiger partial charge on any atom is 0.283 e. The SMILES string of the molecule is [B]OC1CC(C)C(C2CCC(C3CCC(C4CCCC4)CC3)CC2)C(F)C1F. The van der Waals surface area contributed by atoms with Gasteiger partial charge in [-0.3, -0.25) is 0 Å². The molecule has 0 aliphatic heterocycles. The molecular formula is C24H39BF2O. The molecule has 0 aromatic heterocycles. The van der Waals surface area contributed by atoms with Crippen LogP contribution in [-0.4, -0.2) is 26.5 Å². The minimum atomic E-state index is -1.56. The quantitative estimate of drug-likeness (QED) is 0.491. The molecule has 4 aliphatic rings. The van der Waals surface area contributed by atoms with Gasteiger partial charge in [-0.15, -0.1) is 0 Å². The third-order valence-electron chi connectivity index (χ3n) is 9.37. The van der Waals surface area contributed by atoms with Crippen LogP contribution < -0.4 is 0 Å². The number of hydrogen-bond acceptors (Lipinski definition) is 1. The topological polar surface area (TPSA) is 9.23 Å². The van der Waals surface area contributed by atoms with Gasteiger partial charge in [0.25, 0.3) is 8.05 Å². The molecule has 4 aliphatic carbocycles. The lowest BCUT2D eigenvalue weighted by Gasteiger charge is -2.46. The minimum absolute atomic E-state index is 0.152. The number of hydrogen-bond donors (Lipinski definition) is 0. The molecule has 4 rings (SSSR count). The molecule has 0 saturated heterocycles. The van der Waals surface area contributed by atoms with Gasteiger partial charge in [-0.25, -0.2) is 8.78 Å². The molecule has 0 aromatic carbocycles. The van der Waals surface area contributed by atoms with Crippen molar-refractivity contribution in [3.8, 4) is 0 Å². The summed E-state index contributed by atoms with van der Waals surface area (Å²) in [6.45, 7) is 2.06. The molecular weight excluding hydrogens is 353 g/mol. The summed E-state index contributed by atoms with van der Waals surface area (Å²) in [6, 6.07) is 0. The molecule has 2 radical (unpaired) electrons. The van der Waals surface area contributed by atoms with Crippen molar-refractivity contribution in [1.82, 2.24) is 0 Å². The molecule has 0 N–H and O–H groups in total. The molecule has 0 bridgehead atoms. The molecule has 0 heterocycles. The third kappa shape index (κ3) is 4.32. The van der Waals surface area contributed by atoms with Gasteiger partial charge in [-0.1, -0.05) is 32.6 Å². The van der Waals surface area contributed by atoms with Crippen molar-refractivity contribution in [1.29, 1.82) is 0 Å². The molecule has 1 nitrogen and oxygen atoms in total. The minimum Gasteiger partial charge on any atom is -0.442 e. The average Bonchev–Trinajstić information content (AvgIpc) is 3.26. The van der Waals surface area contributed by atoms with E-state index in [9.17, 15) is 8.78 Å². The first-order chi connectivity index (χ1) is 13.6. The molecule has 28 heavy (non-hydrogen) atoms. The van der Waals surface area contributed by atoms with Gasteiger partial charge in [0.05, 0.1) is 6.10 Å². The highest BCUT2D eigenvalue weighted by atomic mass is 19.2. The number of rotatable bonds is 4. The summed E-state index contributed by atoms with van der Waals surface area (Å²) in [5, 5.41) is 0. The van der Waals surface area contributed by atoms with Gasteiger partial charge < -0.3 is 4.65 Å². The molecule has 4 fully saturated rings. The smallest absolute Gasteiger partial charge is 0.283 e. The van der Waals surface area contributed by atoms with Crippen molar-refractivity contribution >= 4 is 8.05 Å². The lowest BCUT2D eigenvalue weighted by molar-refractivity contribution is -0.0701. The highest BCUT2D eigenvalue weighted by Crippen LogP contribution is 2.49. The zero-order valence-corrected chi connectivity index (χ0v) is 17.7. The van der Waals surface area contributed by atoms with E-state index in [1.165, 1.54) is 64.2 Å². The first-order valence-electron chi connectivity index (χ1n) is 12.2. The maximum absolute atomic E-state index is 14.8. The Labute approximate surface area is 172 Å². The van der Waals surface area contributed by atoms with E-state index in [0.29, 0.717) is 12.3 Å². The largest absolute Gasteiger partial charge is 0.442 e. The summed E-state index contributed by atoms with van der Waals surface area (Å²) in [5.74, 6) is 4.10. The summed E-state index contributed by atoms with van der Waals surface area (Å²) < 4.78 is 33.9. The normalized spacial score (nSPS) is 48.6. The van der Waals surface area contributed by atoms with Crippen LogP contribution in [0.2, 0.25) is 0 Å². The van der Waals surface area contributed by atoms with Crippen molar-refractivity contribution in [3.05, 3.63) is 0 Å². The van der Waals surface area contributed by atoms with Gasteiger partial charge in [0.2, 0.25) is 0 Å². The zero-order valence-electron chi connectivity index (χ0n) is 17.7. The summed E-state index contributed by atoms with van der Waals surface area (Å²) >= 11 is 0.